The minimum Gasteiger partial charge on any atom is -0.481 e. The third-order valence-corrected chi connectivity index (χ3v) is 4.43. The van der Waals surface area contributed by atoms with E-state index in [9.17, 15) is 9.59 Å². The molecule has 1 aliphatic heterocycles. The topological polar surface area (TPSA) is 179 Å². The number of hydrogen-bond acceptors (Lipinski definition) is 9. The van der Waals surface area contributed by atoms with Gasteiger partial charge in [-0.25, -0.2) is 0 Å². The van der Waals surface area contributed by atoms with Gasteiger partial charge in [0.1, 0.15) is 5.66 Å². The molecule has 1 fully saturated rings. The van der Waals surface area contributed by atoms with Crippen LogP contribution >= 0.6 is 0 Å². The number of likely N-dealkylation sites (N-methyl/N-ethyl adjacent to an activating group) is 1. The summed E-state index contributed by atoms with van der Waals surface area (Å²) in [6, 6.07) is 0. The third kappa shape index (κ3) is 9.42. The van der Waals surface area contributed by atoms with E-state index in [1.165, 1.54) is 0 Å². The van der Waals surface area contributed by atoms with Gasteiger partial charge in [0.15, 0.2) is 0 Å². The van der Waals surface area contributed by atoms with Crippen LogP contribution in [0, 0.1) is 0 Å². The van der Waals surface area contributed by atoms with E-state index in [2.05, 4.69) is 31.9 Å². The zero-order valence-electron chi connectivity index (χ0n) is 16.2. The summed E-state index contributed by atoms with van der Waals surface area (Å²) in [6.07, 6.45) is 0.450. The second-order valence-electron chi connectivity index (χ2n) is 6.98. The predicted molar refractivity (Wildman–Crippen MR) is 104 cm³/mol. The molecule has 0 spiro atoms. The second-order valence-corrected chi connectivity index (χ2v) is 6.98. The summed E-state index contributed by atoms with van der Waals surface area (Å²) in [4.78, 5) is 23.0. The van der Waals surface area contributed by atoms with Crippen molar-refractivity contribution in [2.24, 2.45) is 11.5 Å². The van der Waals surface area contributed by atoms with Crippen molar-refractivity contribution in [1.82, 2.24) is 31.9 Å². The highest BCUT2D eigenvalue weighted by molar-refractivity contribution is 5.77. The minimum atomic E-state index is -0.901. The first-order valence-electron chi connectivity index (χ1n) is 9.42. The molecule has 2 atom stereocenters. The van der Waals surface area contributed by atoms with Crippen LogP contribution in [0.2, 0.25) is 0 Å². The van der Waals surface area contributed by atoms with Gasteiger partial charge in [0.25, 0.3) is 0 Å². The Morgan fingerprint density at radius 2 is 1.74 bits per heavy atom. The summed E-state index contributed by atoms with van der Waals surface area (Å²) in [6.45, 7) is 4.44. The smallest absolute Gasteiger partial charge is 0.303 e. The van der Waals surface area contributed by atoms with E-state index in [1.54, 1.807) is 0 Å². The van der Waals surface area contributed by atoms with Crippen molar-refractivity contribution in [3.05, 3.63) is 0 Å². The van der Waals surface area contributed by atoms with Gasteiger partial charge in [0.2, 0.25) is 5.91 Å². The number of carbonyl (C=O) groups is 2. The van der Waals surface area contributed by atoms with E-state index in [4.69, 9.17) is 16.6 Å². The highest BCUT2D eigenvalue weighted by Gasteiger charge is 2.31. The Kier molecular flexibility index (Phi) is 10.7. The van der Waals surface area contributed by atoms with Crippen LogP contribution in [0.1, 0.15) is 19.3 Å². The SMILES string of the molecule is CNC[C@@]1(NC(=O)CCCC(=O)O)CNCCNC[C@@](N)(CN)NCCN1. The zero-order chi connectivity index (χ0) is 20.2. The molecule has 27 heavy (non-hydrogen) atoms. The lowest BCUT2D eigenvalue weighted by Gasteiger charge is -2.38. The first-order chi connectivity index (χ1) is 12.8. The van der Waals surface area contributed by atoms with Crippen molar-refractivity contribution in [3.8, 4) is 0 Å². The number of rotatable bonds is 8. The summed E-state index contributed by atoms with van der Waals surface area (Å²) in [5.74, 6) is -1.09. The fraction of sp³-hybridized carbons (Fsp3) is 0.875. The van der Waals surface area contributed by atoms with Crippen LogP contribution in [-0.2, 0) is 9.59 Å². The quantitative estimate of drug-likeness (QED) is 0.201. The van der Waals surface area contributed by atoms with E-state index in [0.29, 0.717) is 58.8 Å². The van der Waals surface area contributed by atoms with Crippen LogP contribution < -0.4 is 43.4 Å². The summed E-state index contributed by atoms with van der Waals surface area (Å²) in [7, 11) is 1.81. The molecule has 11 nitrogen and oxygen atoms in total. The molecule has 0 aromatic carbocycles. The van der Waals surface area contributed by atoms with Crippen LogP contribution in [0.5, 0.6) is 0 Å². The highest BCUT2D eigenvalue weighted by atomic mass is 16.4. The number of aliphatic carboxylic acids is 1. The number of amides is 1. The largest absolute Gasteiger partial charge is 0.481 e. The summed E-state index contributed by atoms with van der Waals surface area (Å²) in [5, 5.41) is 28.1. The van der Waals surface area contributed by atoms with Crippen molar-refractivity contribution in [2.75, 3.05) is 59.4 Å². The van der Waals surface area contributed by atoms with Crippen LogP contribution in [0.3, 0.4) is 0 Å². The third-order valence-electron chi connectivity index (χ3n) is 4.43. The van der Waals surface area contributed by atoms with E-state index in [-0.39, 0.29) is 18.7 Å². The Labute approximate surface area is 160 Å². The molecule has 158 valence electrons. The lowest BCUT2D eigenvalue weighted by atomic mass is 10.1. The highest BCUT2D eigenvalue weighted by Crippen LogP contribution is 2.03. The molecule has 1 heterocycles. The molecule has 1 aliphatic rings. The Bertz CT molecular complexity index is 467. The maximum Gasteiger partial charge on any atom is 0.303 e. The normalized spacial score (nSPS) is 28.0. The van der Waals surface area contributed by atoms with Crippen molar-refractivity contribution in [2.45, 2.75) is 30.6 Å². The van der Waals surface area contributed by atoms with Crippen molar-refractivity contribution in [1.29, 1.82) is 0 Å². The predicted octanol–water partition coefficient (Wildman–Crippen LogP) is -3.74. The number of nitrogens with one attached hydrogen (secondary N) is 6. The van der Waals surface area contributed by atoms with Crippen LogP contribution in [0.4, 0.5) is 0 Å². The number of carbonyl (C=O) groups excluding carboxylic acids is 1. The van der Waals surface area contributed by atoms with Crippen LogP contribution in [0.15, 0.2) is 0 Å². The van der Waals surface area contributed by atoms with E-state index in [1.807, 2.05) is 7.05 Å². The van der Waals surface area contributed by atoms with Gasteiger partial charge in [-0.2, -0.15) is 0 Å². The Morgan fingerprint density at radius 1 is 1.07 bits per heavy atom. The molecule has 11 N–H and O–H groups in total. The number of nitrogens with two attached hydrogens (primary N) is 2. The zero-order valence-corrected chi connectivity index (χ0v) is 16.2. The molecule has 0 aromatic rings. The first kappa shape index (κ1) is 23.7. The van der Waals surface area contributed by atoms with Crippen molar-refractivity contribution < 1.29 is 14.7 Å². The monoisotopic (exact) mass is 388 g/mol. The van der Waals surface area contributed by atoms with Gasteiger partial charge >= 0.3 is 5.97 Å². The van der Waals surface area contributed by atoms with Gasteiger partial charge in [0, 0.05) is 65.2 Å². The molecule has 1 saturated heterocycles. The Hall–Kier alpha value is -1.34. The fourth-order valence-corrected chi connectivity index (χ4v) is 2.96. The molecular formula is C16H36N8O3. The molecule has 0 unspecified atom stereocenters. The standard InChI is InChI=1S/C16H36N8O3/c1-19-11-16(24-13(25)3-2-4-14(26)27)12-21-6-5-20-10-15(18,9-17)22-7-8-23-16/h19-23H,2-12,17-18H2,1H3,(H,24,25)(H,26,27)/t15-,16-/m1/s1. The summed E-state index contributed by atoms with van der Waals surface area (Å²) in [5.41, 5.74) is 10.6. The van der Waals surface area contributed by atoms with Crippen LogP contribution in [-0.4, -0.2) is 87.7 Å². The van der Waals surface area contributed by atoms with E-state index in [0.717, 1.165) is 0 Å². The maximum absolute atomic E-state index is 12.3. The second kappa shape index (κ2) is 12.2. The van der Waals surface area contributed by atoms with Gasteiger partial charge in [-0.05, 0) is 13.5 Å². The van der Waals surface area contributed by atoms with Crippen molar-refractivity contribution >= 4 is 11.9 Å². The van der Waals surface area contributed by atoms with E-state index >= 15 is 0 Å². The lowest BCUT2D eigenvalue weighted by molar-refractivity contribution is -0.137. The van der Waals surface area contributed by atoms with E-state index < -0.39 is 17.3 Å². The summed E-state index contributed by atoms with van der Waals surface area (Å²) >= 11 is 0. The van der Waals surface area contributed by atoms with Gasteiger partial charge in [-0.3, -0.25) is 20.2 Å². The fourth-order valence-electron chi connectivity index (χ4n) is 2.96. The molecule has 1 amide bonds. The van der Waals surface area contributed by atoms with Gasteiger partial charge in [0.05, 0.1) is 5.66 Å². The van der Waals surface area contributed by atoms with Crippen molar-refractivity contribution in [3.63, 3.8) is 0 Å². The average molecular weight is 389 g/mol. The number of carboxylic acids is 1. The molecule has 0 aromatic heterocycles. The van der Waals surface area contributed by atoms with Gasteiger partial charge in [-0.1, -0.05) is 0 Å². The lowest BCUT2D eigenvalue weighted by Crippen LogP contribution is -2.71. The molecular weight excluding hydrogens is 352 g/mol. The maximum atomic E-state index is 12.3. The van der Waals surface area contributed by atoms with Gasteiger partial charge in [-0.15, -0.1) is 0 Å². The Morgan fingerprint density at radius 3 is 2.37 bits per heavy atom. The number of carboxylic acid groups (broad SMARTS) is 1. The number of hydrogen-bond donors (Lipinski definition) is 9. The van der Waals surface area contributed by atoms with Gasteiger partial charge < -0.3 is 37.8 Å². The molecule has 11 heteroatoms. The molecule has 1 rings (SSSR count). The minimum absolute atomic E-state index is 0.0224. The average Bonchev–Trinajstić information content (AvgIpc) is 2.60. The summed E-state index contributed by atoms with van der Waals surface area (Å²) < 4.78 is 0. The molecule has 0 bridgehead atoms. The molecule has 0 aliphatic carbocycles. The molecule has 0 radical (unpaired) electrons. The Balaban J connectivity index is 2.71. The molecule has 0 saturated carbocycles. The van der Waals surface area contributed by atoms with Crippen LogP contribution in [0.25, 0.3) is 0 Å². The first-order valence-corrected chi connectivity index (χ1v) is 9.42.